The summed E-state index contributed by atoms with van der Waals surface area (Å²) in [6, 6.07) is 11.6. The van der Waals surface area contributed by atoms with Gasteiger partial charge in [-0.3, -0.25) is 20.0 Å². The van der Waals surface area contributed by atoms with E-state index in [0.29, 0.717) is 16.7 Å². The molecule has 0 aliphatic carbocycles. The van der Waals surface area contributed by atoms with Crippen LogP contribution in [0.25, 0.3) is 11.4 Å². The van der Waals surface area contributed by atoms with Crippen molar-refractivity contribution in [3.63, 3.8) is 0 Å². The molecule has 9 nitrogen and oxygen atoms in total. The second kappa shape index (κ2) is 8.85. The van der Waals surface area contributed by atoms with Crippen molar-refractivity contribution in [3.8, 4) is 17.1 Å². The SMILES string of the molecule is COc1ccc([N+](=O)[O-])cc1NC(=O)CSc1n[nH]c(-c2ccc(Br)cc2)n1. The Balaban J connectivity index is 1.63. The first kappa shape index (κ1) is 19.8. The molecule has 0 atom stereocenters. The van der Waals surface area contributed by atoms with Gasteiger partial charge in [0.15, 0.2) is 5.82 Å². The molecule has 1 amide bonds. The maximum Gasteiger partial charge on any atom is 0.271 e. The summed E-state index contributed by atoms with van der Waals surface area (Å²) in [5, 5.41) is 20.9. The molecule has 11 heteroatoms. The van der Waals surface area contributed by atoms with Crippen molar-refractivity contribution in [1.82, 2.24) is 15.2 Å². The normalized spacial score (nSPS) is 10.5. The zero-order valence-electron chi connectivity index (χ0n) is 14.5. The minimum atomic E-state index is -0.541. The number of amides is 1. The molecule has 0 aliphatic rings. The van der Waals surface area contributed by atoms with Crippen molar-refractivity contribution in [2.24, 2.45) is 0 Å². The lowest BCUT2D eigenvalue weighted by molar-refractivity contribution is -0.384. The number of nitro groups is 1. The number of halogens is 1. The van der Waals surface area contributed by atoms with E-state index in [2.05, 4.69) is 36.4 Å². The predicted molar refractivity (Wildman–Crippen MR) is 109 cm³/mol. The standard InChI is InChI=1S/C17H14BrN5O4S/c1-27-14-7-6-12(23(25)26)8-13(14)19-15(24)9-28-17-20-16(21-22-17)10-2-4-11(18)5-3-10/h2-8H,9H2,1H3,(H,19,24)(H,20,21,22). The highest BCUT2D eigenvalue weighted by Crippen LogP contribution is 2.29. The summed E-state index contributed by atoms with van der Waals surface area (Å²) in [5.41, 5.74) is 0.957. The quantitative estimate of drug-likeness (QED) is 0.309. The summed E-state index contributed by atoms with van der Waals surface area (Å²) in [4.78, 5) is 26.9. The lowest BCUT2D eigenvalue weighted by atomic mass is 10.2. The number of nitrogens with one attached hydrogen (secondary N) is 2. The summed E-state index contributed by atoms with van der Waals surface area (Å²) >= 11 is 4.51. The Kier molecular flexibility index (Phi) is 6.26. The first-order valence-corrected chi connectivity index (χ1v) is 9.67. The number of ether oxygens (including phenoxy) is 1. The number of thioether (sulfide) groups is 1. The highest BCUT2D eigenvalue weighted by Gasteiger charge is 2.15. The molecule has 3 rings (SSSR count). The zero-order chi connectivity index (χ0) is 20.1. The molecule has 0 spiro atoms. The number of nitro benzene ring substituents is 1. The molecular formula is C17H14BrN5O4S. The van der Waals surface area contributed by atoms with Crippen LogP contribution in [0.3, 0.4) is 0 Å². The fraction of sp³-hybridized carbons (Fsp3) is 0.118. The van der Waals surface area contributed by atoms with E-state index in [-0.39, 0.29) is 23.0 Å². The van der Waals surface area contributed by atoms with Crippen LogP contribution in [-0.2, 0) is 4.79 Å². The van der Waals surface area contributed by atoms with Gasteiger partial charge in [-0.05, 0) is 18.2 Å². The van der Waals surface area contributed by atoms with Gasteiger partial charge < -0.3 is 10.1 Å². The number of nitrogens with zero attached hydrogens (tertiary/aromatic N) is 3. The molecule has 0 saturated heterocycles. The molecule has 2 N–H and O–H groups in total. The van der Waals surface area contributed by atoms with Gasteiger partial charge in [-0.2, -0.15) is 0 Å². The maximum absolute atomic E-state index is 12.2. The molecule has 3 aromatic rings. The van der Waals surface area contributed by atoms with Gasteiger partial charge in [0, 0.05) is 22.2 Å². The van der Waals surface area contributed by atoms with Crippen molar-refractivity contribution in [1.29, 1.82) is 0 Å². The number of hydrogen-bond acceptors (Lipinski definition) is 7. The van der Waals surface area contributed by atoms with Crippen LogP contribution in [0.15, 0.2) is 52.1 Å². The largest absolute Gasteiger partial charge is 0.495 e. The number of non-ortho nitro benzene ring substituents is 1. The van der Waals surface area contributed by atoms with Gasteiger partial charge in [0.1, 0.15) is 5.75 Å². The molecular weight excluding hydrogens is 450 g/mol. The van der Waals surface area contributed by atoms with E-state index >= 15 is 0 Å². The minimum Gasteiger partial charge on any atom is -0.495 e. The molecule has 0 aliphatic heterocycles. The van der Waals surface area contributed by atoms with Crippen LogP contribution in [0.5, 0.6) is 5.75 Å². The number of carbonyl (C=O) groups excluding carboxylic acids is 1. The van der Waals surface area contributed by atoms with Gasteiger partial charge in [0.2, 0.25) is 11.1 Å². The fourth-order valence-electron chi connectivity index (χ4n) is 2.27. The highest BCUT2D eigenvalue weighted by molar-refractivity contribution is 9.10. The summed E-state index contributed by atoms with van der Waals surface area (Å²) in [5.74, 6) is 0.595. The summed E-state index contributed by atoms with van der Waals surface area (Å²) in [6.07, 6.45) is 0. The van der Waals surface area contributed by atoms with Crippen molar-refractivity contribution in [2.45, 2.75) is 5.16 Å². The zero-order valence-corrected chi connectivity index (χ0v) is 16.9. The third-order valence-electron chi connectivity index (χ3n) is 3.58. The number of carbonyl (C=O) groups is 1. The molecule has 2 aromatic carbocycles. The third-order valence-corrected chi connectivity index (χ3v) is 4.96. The lowest BCUT2D eigenvalue weighted by Gasteiger charge is -2.09. The van der Waals surface area contributed by atoms with E-state index in [0.717, 1.165) is 21.8 Å². The Hall–Kier alpha value is -2.92. The van der Waals surface area contributed by atoms with E-state index in [1.807, 2.05) is 24.3 Å². The molecule has 28 heavy (non-hydrogen) atoms. The van der Waals surface area contributed by atoms with Crippen molar-refractivity contribution >= 4 is 45.0 Å². The number of aromatic amines is 1. The molecule has 0 fully saturated rings. The number of H-pyrrole nitrogens is 1. The van der Waals surface area contributed by atoms with Gasteiger partial charge in [0.25, 0.3) is 5.69 Å². The monoisotopic (exact) mass is 463 g/mol. The molecule has 0 unspecified atom stereocenters. The molecule has 1 heterocycles. The second-order valence-electron chi connectivity index (χ2n) is 5.45. The Labute approximate surface area is 172 Å². The number of rotatable bonds is 7. The number of benzene rings is 2. The first-order valence-electron chi connectivity index (χ1n) is 7.89. The lowest BCUT2D eigenvalue weighted by Crippen LogP contribution is -2.15. The van der Waals surface area contributed by atoms with Crippen LogP contribution in [0, 0.1) is 10.1 Å². The molecule has 0 bridgehead atoms. The first-order chi connectivity index (χ1) is 13.5. The number of anilines is 1. The fourth-order valence-corrected chi connectivity index (χ4v) is 3.13. The van der Waals surface area contributed by atoms with E-state index in [1.54, 1.807) is 0 Å². The smallest absolute Gasteiger partial charge is 0.271 e. The van der Waals surface area contributed by atoms with Crippen LogP contribution in [0.2, 0.25) is 0 Å². The van der Waals surface area contributed by atoms with Crippen LogP contribution in [-0.4, -0.2) is 38.9 Å². The number of hydrogen-bond donors (Lipinski definition) is 2. The van der Waals surface area contributed by atoms with Crippen LogP contribution in [0.1, 0.15) is 0 Å². The number of methoxy groups -OCH3 is 1. The average Bonchev–Trinajstić information content (AvgIpc) is 3.16. The predicted octanol–water partition coefficient (Wildman–Crippen LogP) is 3.88. The Morgan fingerprint density at radius 3 is 2.75 bits per heavy atom. The molecule has 0 radical (unpaired) electrons. The molecule has 0 saturated carbocycles. The Morgan fingerprint density at radius 2 is 2.07 bits per heavy atom. The molecule has 144 valence electrons. The van der Waals surface area contributed by atoms with Crippen LogP contribution in [0.4, 0.5) is 11.4 Å². The van der Waals surface area contributed by atoms with E-state index in [1.165, 1.54) is 25.3 Å². The van der Waals surface area contributed by atoms with Gasteiger partial charge in [0.05, 0.1) is 23.5 Å². The van der Waals surface area contributed by atoms with E-state index < -0.39 is 4.92 Å². The van der Waals surface area contributed by atoms with Gasteiger partial charge in [-0.1, -0.05) is 39.8 Å². The van der Waals surface area contributed by atoms with Crippen molar-refractivity contribution in [3.05, 3.63) is 57.1 Å². The Morgan fingerprint density at radius 1 is 1.32 bits per heavy atom. The second-order valence-corrected chi connectivity index (χ2v) is 7.31. The van der Waals surface area contributed by atoms with Gasteiger partial charge in [-0.25, -0.2) is 4.98 Å². The van der Waals surface area contributed by atoms with Crippen molar-refractivity contribution < 1.29 is 14.5 Å². The number of aromatic nitrogens is 3. The van der Waals surface area contributed by atoms with Gasteiger partial charge >= 0.3 is 0 Å². The van der Waals surface area contributed by atoms with Gasteiger partial charge in [-0.15, -0.1) is 5.10 Å². The van der Waals surface area contributed by atoms with Crippen LogP contribution >= 0.6 is 27.7 Å². The third kappa shape index (κ3) is 4.87. The summed E-state index contributed by atoms with van der Waals surface area (Å²) in [7, 11) is 1.42. The van der Waals surface area contributed by atoms with E-state index in [9.17, 15) is 14.9 Å². The average molecular weight is 464 g/mol. The Bertz CT molecular complexity index is 1010. The van der Waals surface area contributed by atoms with E-state index in [4.69, 9.17) is 4.74 Å². The summed E-state index contributed by atoms with van der Waals surface area (Å²) < 4.78 is 6.08. The topological polar surface area (TPSA) is 123 Å². The summed E-state index contributed by atoms with van der Waals surface area (Å²) in [6.45, 7) is 0. The molecule has 1 aromatic heterocycles. The maximum atomic E-state index is 12.2. The van der Waals surface area contributed by atoms with Crippen LogP contribution < -0.4 is 10.1 Å². The van der Waals surface area contributed by atoms with Crippen molar-refractivity contribution in [2.75, 3.05) is 18.2 Å². The highest BCUT2D eigenvalue weighted by atomic mass is 79.9. The minimum absolute atomic E-state index is 0.0312.